The highest BCUT2D eigenvalue weighted by molar-refractivity contribution is 5.76. The van der Waals surface area contributed by atoms with Crippen molar-refractivity contribution in [1.29, 1.82) is 0 Å². The minimum Gasteiger partial charge on any atom is -0.461 e. The Hall–Kier alpha value is -0.870. The molecule has 1 saturated carbocycles. The van der Waals surface area contributed by atoms with E-state index in [2.05, 4.69) is 25.2 Å². The molecule has 2 aliphatic carbocycles. The van der Waals surface area contributed by atoms with Gasteiger partial charge >= 0.3 is 5.97 Å². The molecule has 1 radical (unpaired) electrons. The second-order valence-electron chi connectivity index (χ2n) is 7.29. The lowest BCUT2D eigenvalue weighted by Gasteiger charge is -2.28. The molecule has 2 heterocycles. The quantitative estimate of drug-likeness (QED) is 0.454. The van der Waals surface area contributed by atoms with Crippen LogP contribution in [0.3, 0.4) is 0 Å². The second kappa shape index (κ2) is 4.32. The largest absolute Gasteiger partial charge is 0.461 e. The van der Waals surface area contributed by atoms with E-state index in [0.29, 0.717) is 12.5 Å². The van der Waals surface area contributed by atoms with Crippen LogP contribution in [0.15, 0.2) is 11.6 Å². The van der Waals surface area contributed by atoms with Crippen molar-refractivity contribution in [2.24, 2.45) is 17.8 Å². The molecule has 0 unspecified atom stereocenters. The Morgan fingerprint density at radius 3 is 3.05 bits per heavy atom. The van der Waals surface area contributed by atoms with Gasteiger partial charge in [0.15, 0.2) is 0 Å². The number of esters is 1. The fraction of sp³-hybridized carbons (Fsp3) is 0.824. The molecule has 3 fully saturated rings. The Kier molecular flexibility index (Phi) is 2.84. The summed E-state index contributed by atoms with van der Waals surface area (Å²) in [5, 5.41) is 4.43. The molecule has 4 rings (SSSR count). The summed E-state index contributed by atoms with van der Waals surface area (Å²) in [7, 11) is 0. The lowest BCUT2D eigenvalue weighted by Crippen LogP contribution is -2.37. The monoisotopic (exact) mass is 290 g/mol. The van der Waals surface area contributed by atoms with Crippen LogP contribution in [-0.4, -0.2) is 36.4 Å². The Bertz CT molecular complexity index is 516. The number of hydrogen-bond donors (Lipinski definition) is 0. The zero-order chi connectivity index (χ0) is 14.8. The minimum absolute atomic E-state index is 0.00219. The molecule has 4 heteroatoms. The van der Waals surface area contributed by atoms with Gasteiger partial charge in [0.05, 0.1) is 11.5 Å². The first-order valence-corrected chi connectivity index (χ1v) is 8.23. The van der Waals surface area contributed by atoms with E-state index >= 15 is 0 Å². The molecule has 4 aliphatic rings. The van der Waals surface area contributed by atoms with Crippen LogP contribution in [0.1, 0.15) is 40.0 Å². The van der Waals surface area contributed by atoms with Gasteiger partial charge in [-0.3, -0.25) is 4.79 Å². The molecule has 2 saturated heterocycles. The van der Waals surface area contributed by atoms with Crippen molar-refractivity contribution in [3.05, 3.63) is 11.6 Å². The van der Waals surface area contributed by atoms with E-state index in [-0.39, 0.29) is 35.1 Å². The Morgan fingerprint density at radius 2 is 2.29 bits per heavy atom. The van der Waals surface area contributed by atoms with Gasteiger partial charge in [-0.1, -0.05) is 18.6 Å². The second-order valence-corrected chi connectivity index (χ2v) is 7.29. The average Bonchev–Trinajstić information content (AvgIpc) is 2.74. The molecule has 0 aromatic rings. The highest BCUT2D eigenvalue weighted by atomic mass is 16.6. The van der Waals surface area contributed by atoms with Crippen LogP contribution >= 0.6 is 0 Å². The Labute approximate surface area is 126 Å². The number of nitrogens with zero attached hydrogens (tertiary/aromatic N) is 1. The number of hydrogen-bond acceptors (Lipinski definition) is 3. The first kappa shape index (κ1) is 13.8. The van der Waals surface area contributed by atoms with Crippen LogP contribution in [0, 0.1) is 17.8 Å². The summed E-state index contributed by atoms with van der Waals surface area (Å²) in [6.45, 7) is 7.82. The summed E-state index contributed by atoms with van der Waals surface area (Å²) in [5.41, 5.74) is 1.24. The number of epoxide rings is 1. The lowest BCUT2D eigenvalue weighted by molar-refractivity contribution is -0.146. The molecular formula is C17H24NO3. The van der Waals surface area contributed by atoms with Crippen molar-refractivity contribution in [3.63, 3.8) is 0 Å². The molecule has 0 aromatic carbocycles. The highest BCUT2D eigenvalue weighted by Crippen LogP contribution is 2.67. The number of carbonyl (C=O) groups is 1. The van der Waals surface area contributed by atoms with Crippen LogP contribution in [0.2, 0.25) is 0 Å². The molecule has 2 aliphatic heterocycles. The van der Waals surface area contributed by atoms with Gasteiger partial charge in [0, 0.05) is 24.9 Å². The maximum Gasteiger partial charge on any atom is 0.311 e. The SMILES string of the molecule is CC[N]C[C@@H]1C(=O)O[C@H]2[C@H]1CC[C@]1(C)O[C@@]13CC=C(C)[C@H]23. The molecule has 21 heavy (non-hydrogen) atoms. The molecule has 0 aromatic heterocycles. The molecule has 0 amide bonds. The molecule has 0 N–H and O–H groups in total. The molecule has 0 bridgehead atoms. The standard InChI is InChI=1S/C17H24NO3/c1-4-18-9-12-11-6-7-16(3)17(21-16)8-5-10(2)13(17)14(11)20-15(12)19/h5,11-14H,4,6-9H2,1-3H3/t11-,12-,13+,14-,16-,17+/m0/s1. The topological polar surface area (TPSA) is 52.9 Å². The summed E-state index contributed by atoms with van der Waals surface area (Å²) in [6.07, 6.45) is 5.31. The summed E-state index contributed by atoms with van der Waals surface area (Å²) in [4.78, 5) is 12.3. The van der Waals surface area contributed by atoms with E-state index in [1.54, 1.807) is 0 Å². The lowest BCUT2D eigenvalue weighted by atomic mass is 9.77. The van der Waals surface area contributed by atoms with Gasteiger partial charge < -0.3 is 9.47 Å². The number of rotatable bonds is 3. The number of carbonyl (C=O) groups excluding carboxylic acids is 1. The van der Waals surface area contributed by atoms with Crippen molar-refractivity contribution >= 4 is 5.97 Å². The predicted octanol–water partition coefficient (Wildman–Crippen LogP) is 2.06. The van der Waals surface area contributed by atoms with E-state index in [1.165, 1.54) is 5.57 Å². The van der Waals surface area contributed by atoms with Crippen molar-refractivity contribution < 1.29 is 14.3 Å². The van der Waals surface area contributed by atoms with E-state index in [4.69, 9.17) is 9.47 Å². The van der Waals surface area contributed by atoms with Crippen LogP contribution in [0.5, 0.6) is 0 Å². The van der Waals surface area contributed by atoms with E-state index in [0.717, 1.165) is 25.8 Å². The smallest absolute Gasteiger partial charge is 0.311 e. The number of fused-ring (bicyclic) bond motifs is 2. The normalized spacial score (nSPS) is 50.6. The third-order valence-electron chi connectivity index (χ3n) is 6.31. The van der Waals surface area contributed by atoms with Crippen molar-refractivity contribution in [3.8, 4) is 0 Å². The van der Waals surface area contributed by atoms with Gasteiger partial charge in [-0.2, -0.15) is 0 Å². The first-order valence-electron chi connectivity index (χ1n) is 8.23. The summed E-state index contributed by atoms with van der Waals surface area (Å²) in [6, 6.07) is 0. The van der Waals surface area contributed by atoms with Gasteiger partial charge in [0.25, 0.3) is 0 Å². The fourth-order valence-corrected chi connectivity index (χ4v) is 5.06. The number of ether oxygens (including phenoxy) is 2. The third kappa shape index (κ3) is 1.66. The Morgan fingerprint density at radius 1 is 1.48 bits per heavy atom. The van der Waals surface area contributed by atoms with E-state index < -0.39 is 0 Å². The maximum atomic E-state index is 12.3. The van der Waals surface area contributed by atoms with Gasteiger partial charge in [-0.15, -0.1) is 0 Å². The summed E-state index contributed by atoms with van der Waals surface area (Å²) < 4.78 is 12.1. The van der Waals surface area contributed by atoms with Gasteiger partial charge in [0.2, 0.25) is 0 Å². The van der Waals surface area contributed by atoms with E-state index in [1.807, 2.05) is 6.92 Å². The summed E-state index contributed by atoms with van der Waals surface area (Å²) >= 11 is 0. The fourth-order valence-electron chi connectivity index (χ4n) is 5.06. The van der Waals surface area contributed by atoms with Crippen LogP contribution in [0.25, 0.3) is 0 Å². The zero-order valence-electron chi connectivity index (χ0n) is 13.1. The van der Waals surface area contributed by atoms with Gasteiger partial charge in [-0.25, -0.2) is 5.32 Å². The molecule has 1 spiro atoms. The minimum atomic E-state index is -0.0897. The molecule has 115 valence electrons. The van der Waals surface area contributed by atoms with Gasteiger partial charge in [-0.05, 0) is 33.1 Å². The van der Waals surface area contributed by atoms with Crippen LogP contribution in [0.4, 0.5) is 0 Å². The summed E-state index contributed by atoms with van der Waals surface area (Å²) in [5.74, 6) is 0.484. The van der Waals surface area contributed by atoms with Gasteiger partial charge in [0.1, 0.15) is 11.7 Å². The molecule has 4 nitrogen and oxygen atoms in total. The van der Waals surface area contributed by atoms with Crippen molar-refractivity contribution in [1.82, 2.24) is 5.32 Å². The molecular weight excluding hydrogens is 266 g/mol. The van der Waals surface area contributed by atoms with Crippen LogP contribution < -0.4 is 5.32 Å². The Balaban J connectivity index is 1.66. The predicted molar refractivity (Wildman–Crippen MR) is 77.7 cm³/mol. The zero-order valence-corrected chi connectivity index (χ0v) is 13.1. The molecule has 6 atom stereocenters. The van der Waals surface area contributed by atoms with Crippen molar-refractivity contribution in [2.75, 3.05) is 13.1 Å². The highest BCUT2D eigenvalue weighted by Gasteiger charge is 2.75. The third-order valence-corrected chi connectivity index (χ3v) is 6.31. The van der Waals surface area contributed by atoms with Crippen molar-refractivity contribution in [2.45, 2.75) is 57.3 Å². The average molecular weight is 290 g/mol. The van der Waals surface area contributed by atoms with E-state index in [9.17, 15) is 4.79 Å². The van der Waals surface area contributed by atoms with Crippen LogP contribution in [-0.2, 0) is 14.3 Å². The maximum absolute atomic E-state index is 12.3. The first-order chi connectivity index (χ1) is 10.0.